The highest BCUT2D eigenvalue weighted by Gasteiger charge is 2.29. The minimum atomic E-state index is 0.178. The van der Waals surface area contributed by atoms with Crippen LogP contribution in [0.5, 0.6) is 0 Å². The van der Waals surface area contributed by atoms with Gasteiger partial charge in [0.25, 0.3) is 0 Å². The van der Waals surface area contributed by atoms with Crippen LogP contribution in [-0.2, 0) is 4.74 Å². The Morgan fingerprint density at radius 3 is 0.795 bits per heavy atom. The Hall–Kier alpha value is -0.0400. The highest BCUT2D eigenvalue weighted by Crippen LogP contribution is 2.33. The van der Waals surface area contributed by atoms with E-state index in [9.17, 15) is 0 Å². The third-order valence-electron chi connectivity index (χ3n) is 9.11. The van der Waals surface area contributed by atoms with Crippen LogP contribution in [0.2, 0.25) is 0 Å². The van der Waals surface area contributed by atoms with E-state index in [1.807, 2.05) is 0 Å². The predicted molar refractivity (Wildman–Crippen MR) is 179 cm³/mol. The second-order valence-corrected chi connectivity index (χ2v) is 13.1. The van der Waals surface area contributed by atoms with Crippen molar-refractivity contribution in [2.75, 3.05) is 6.61 Å². The molecule has 0 N–H and O–H groups in total. The second kappa shape index (κ2) is 32.5. The van der Waals surface area contributed by atoms with E-state index in [1.165, 1.54) is 205 Å². The van der Waals surface area contributed by atoms with Gasteiger partial charge in [0.2, 0.25) is 0 Å². The number of unbranched alkanes of at least 4 members (excludes halogenated alkanes) is 25. The molecule has 0 saturated heterocycles. The van der Waals surface area contributed by atoms with Crippen molar-refractivity contribution in [1.82, 2.24) is 0 Å². The Morgan fingerprint density at radius 1 is 0.282 bits per heavy atom. The monoisotopic (exact) mass is 551 g/mol. The first kappa shape index (κ1) is 39.0. The lowest BCUT2D eigenvalue weighted by Crippen LogP contribution is -2.33. The van der Waals surface area contributed by atoms with E-state index in [0.29, 0.717) is 0 Å². The molecule has 0 amide bonds. The Labute approximate surface area is 249 Å². The van der Waals surface area contributed by atoms with Crippen molar-refractivity contribution in [1.29, 1.82) is 0 Å². The number of rotatable bonds is 34. The maximum atomic E-state index is 7.01. The molecule has 1 nitrogen and oxygen atoms in total. The van der Waals surface area contributed by atoms with Crippen LogP contribution < -0.4 is 0 Å². The molecule has 0 spiro atoms. The molecule has 0 bridgehead atoms. The third-order valence-corrected chi connectivity index (χ3v) is 9.11. The fourth-order valence-electron chi connectivity index (χ4n) is 6.33. The van der Waals surface area contributed by atoms with Crippen LogP contribution in [0, 0.1) is 0 Å². The zero-order valence-electron chi connectivity index (χ0n) is 28.2. The van der Waals surface area contributed by atoms with E-state index >= 15 is 0 Å². The molecule has 0 aromatic heterocycles. The lowest BCUT2D eigenvalue weighted by atomic mass is 9.84. The minimum absolute atomic E-state index is 0.178. The van der Waals surface area contributed by atoms with Gasteiger partial charge in [-0.15, -0.1) is 0 Å². The van der Waals surface area contributed by atoms with Gasteiger partial charge in [0.05, 0.1) is 5.60 Å². The first-order valence-corrected chi connectivity index (χ1v) is 18.9. The van der Waals surface area contributed by atoms with Gasteiger partial charge in [-0.05, 0) is 25.7 Å². The number of hydrogen-bond acceptors (Lipinski definition) is 1. The van der Waals surface area contributed by atoms with E-state index in [0.717, 1.165) is 6.61 Å². The summed E-state index contributed by atoms with van der Waals surface area (Å²) < 4.78 is 7.01. The highest BCUT2D eigenvalue weighted by molar-refractivity contribution is 4.81. The maximum absolute atomic E-state index is 7.01. The molecule has 1 heteroatoms. The molecule has 0 aromatic rings. The van der Waals surface area contributed by atoms with Crippen molar-refractivity contribution in [2.24, 2.45) is 0 Å². The lowest BCUT2D eigenvalue weighted by Gasteiger charge is -2.35. The molecular formula is C38H78O. The standard InChI is InChI=1S/C38H78O/c1-5-9-13-17-21-25-29-33-37-39-38(34-30-26-22-18-14-10-6-2,35-31-27-23-19-15-11-7-3)36-32-28-24-20-16-12-8-4/h5-37H2,1-4H3. The van der Waals surface area contributed by atoms with Gasteiger partial charge in [-0.25, -0.2) is 0 Å². The van der Waals surface area contributed by atoms with E-state index in [4.69, 9.17) is 4.74 Å². The normalized spacial score (nSPS) is 12.0. The predicted octanol–water partition coefficient (Wildman–Crippen LogP) is 14.3. The molecule has 0 aliphatic rings. The molecule has 0 saturated carbocycles. The van der Waals surface area contributed by atoms with E-state index < -0.39 is 0 Å². The summed E-state index contributed by atoms with van der Waals surface area (Å²) in [6.45, 7) is 10.3. The smallest absolute Gasteiger partial charge is 0.0682 e. The fraction of sp³-hybridized carbons (Fsp3) is 1.00. The molecule has 0 aliphatic heterocycles. The molecule has 0 heterocycles. The summed E-state index contributed by atoms with van der Waals surface area (Å²) in [6.07, 6.45) is 44.8. The van der Waals surface area contributed by atoms with Crippen LogP contribution in [0.25, 0.3) is 0 Å². The molecule has 0 aliphatic carbocycles. The van der Waals surface area contributed by atoms with Gasteiger partial charge < -0.3 is 4.74 Å². The fourth-order valence-corrected chi connectivity index (χ4v) is 6.33. The van der Waals surface area contributed by atoms with Gasteiger partial charge >= 0.3 is 0 Å². The van der Waals surface area contributed by atoms with Gasteiger partial charge in [0, 0.05) is 6.61 Å². The van der Waals surface area contributed by atoms with Crippen molar-refractivity contribution in [3.05, 3.63) is 0 Å². The molecule has 0 unspecified atom stereocenters. The summed E-state index contributed by atoms with van der Waals surface area (Å²) in [5.74, 6) is 0. The zero-order chi connectivity index (χ0) is 28.5. The highest BCUT2D eigenvalue weighted by atomic mass is 16.5. The van der Waals surface area contributed by atoms with Crippen LogP contribution in [0.15, 0.2) is 0 Å². The largest absolute Gasteiger partial charge is 0.375 e. The summed E-state index contributed by atoms with van der Waals surface area (Å²) in [5, 5.41) is 0. The topological polar surface area (TPSA) is 9.23 Å². The Kier molecular flexibility index (Phi) is 32.4. The average molecular weight is 551 g/mol. The van der Waals surface area contributed by atoms with Gasteiger partial charge in [0.15, 0.2) is 0 Å². The summed E-state index contributed by atoms with van der Waals surface area (Å²) >= 11 is 0. The Balaban J connectivity index is 4.78. The summed E-state index contributed by atoms with van der Waals surface area (Å²) in [4.78, 5) is 0. The van der Waals surface area contributed by atoms with Crippen LogP contribution in [-0.4, -0.2) is 12.2 Å². The Bertz CT molecular complexity index is 385. The second-order valence-electron chi connectivity index (χ2n) is 13.1. The van der Waals surface area contributed by atoms with Gasteiger partial charge in [-0.1, -0.05) is 207 Å². The van der Waals surface area contributed by atoms with Gasteiger partial charge in [-0.3, -0.25) is 0 Å². The first-order chi connectivity index (χ1) is 19.2. The molecule has 0 aromatic carbocycles. The summed E-state index contributed by atoms with van der Waals surface area (Å²) in [6, 6.07) is 0. The molecule has 0 radical (unpaired) electrons. The molecule has 39 heavy (non-hydrogen) atoms. The van der Waals surface area contributed by atoms with Crippen LogP contribution in [0.4, 0.5) is 0 Å². The molecule has 0 rings (SSSR count). The minimum Gasteiger partial charge on any atom is -0.375 e. The summed E-state index contributed by atoms with van der Waals surface area (Å²) in [7, 11) is 0. The van der Waals surface area contributed by atoms with Crippen molar-refractivity contribution < 1.29 is 4.74 Å². The van der Waals surface area contributed by atoms with Crippen molar-refractivity contribution in [3.8, 4) is 0 Å². The molecule has 0 atom stereocenters. The van der Waals surface area contributed by atoms with Crippen molar-refractivity contribution in [2.45, 2.75) is 239 Å². The Morgan fingerprint density at radius 2 is 0.513 bits per heavy atom. The van der Waals surface area contributed by atoms with E-state index in [-0.39, 0.29) is 5.60 Å². The first-order valence-electron chi connectivity index (χ1n) is 18.9. The van der Waals surface area contributed by atoms with Gasteiger partial charge in [0.1, 0.15) is 0 Å². The summed E-state index contributed by atoms with van der Waals surface area (Å²) in [5.41, 5.74) is 0.178. The van der Waals surface area contributed by atoms with Crippen molar-refractivity contribution in [3.63, 3.8) is 0 Å². The van der Waals surface area contributed by atoms with Gasteiger partial charge in [-0.2, -0.15) is 0 Å². The zero-order valence-corrected chi connectivity index (χ0v) is 28.2. The third kappa shape index (κ3) is 27.9. The quantitative estimate of drug-likeness (QED) is 0.0724. The van der Waals surface area contributed by atoms with Crippen LogP contribution in [0.3, 0.4) is 0 Å². The number of hydrogen-bond donors (Lipinski definition) is 0. The van der Waals surface area contributed by atoms with Crippen LogP contribution >= 0.6 is 0 Å². The van der Waals surface area contributed by atoms with E-state index in [1.54, 1.807) is 0 Å². The van der Waals surface area contributed by atoms with E-state index in [2.05, 4.69) is 27.7 Å². The average Bonchev–Trinajstić information content (AvgIpc) is 2.95. The molecule has 0 fully saturated rings. The maximum Gasteiger partial charge on any atom is 0.0682 e. The molecular weight excluding hydrogens is 472 g/mol. The number of ether oxygens (including phenoxy) is 1. The SMILES string of the molecule is CCCCCCCCCCOC(CCCCCCCCC)(CCCCCCCCC)CCCCCCCCC. The lowest BCUT2D eigenvalue weighted by molar-refractivity contribution is -0.0694. The van der Waals surface area contributed by atoms with Crippen LogP contribution in [0.1, 0.15) is 233 Å². The molecule has 236 valence electrons. The van der Waals surface area contributed by atoms with Crippen molar-refractivity contribution >= 4 is 0 Å².